The maximum absolute atomic E-state index is 12.3. The summed E-state index contributed by atoms with van der Waals surface area (Å²) in [6.45, 7) is 5.25. The Morgan fingerprint density at radius 1 is 1.04 bits per heavy atom. The van der Waals surface area contributed by atoms with Gasteiger partial charge in [0.1, 0.15) is 12.3 Å². The molecule has 2 aromatic rings. The Labute approximate surface area is 142 Å². The lowest BCUT2D eigenvalue weighted by Gasteiger charge is -2.23. The number of nitrogens with zero attached hydrogens (tertiary/aromatic N) is 1. The second kappa shape index (κ2) is 7.64. The molecule has 5 nitrogen and oxygen atoms in total. The van der Waals surface area contributed by atoms with Gasteiger partial charge in [-0.1, -0.05) is 23.8 Å². The molecule has 1 N–H and O–H groups in total. The highest BCUT2D eigenvalue weighted by Crippen LogP contribution is 2.29. The number of rotatable bonds is 5. The number of carbonyl (C=O) groups excluding carboxylic acids is 2. The largest absolute Gasteiger partial charge is 0.495 e. The number of methoxy groups -OCH3 is 1. The van der Waals surface area contributed by atoms with Crippen LogP contribution in [0.15, 0.2) is 42.5 Å². The third-order valence-corrected chi connectivity index (χ3v) is 3.64. The molecule has 0 saturated heterocycles. The zero-order valence-corrected chi connectivity index (χ0v) is 14.4. The third kappa shape index (κ3) is 4.35. The van der Waals surface area contributed by atoms with Gasteiger partial charge in [0.05, 0.1) is 12.8 Å². The molecule has 0 fully saturated rings. The van der Waals surface area contributed by atoms with Crippen molar-refractivity contribution in [2.45, 2.75) is 20.8 Å². The normalized spacial score (nSPS) is 10.2. The summed E-state index contributed by atoms with van der Waals surface area (Å²) in [5.41, 5.74) is 3.38. The van der Waals surface area contributed by atoms with Crippen molar-refractivity contribution in [2.75, 3.05) is 23.9 Å². The van der Waals surface area contributed by atoms with E-state index < -0.39 is 0 Å². The first-order valence-corrected chi connectivity index (χ1v) is 7.70. The number of anilines is 2. The van der Waals surface area contributed by atoms with Crippen LogP contribution in [0.4, 0.5) is 11.4 Å². The number of benzene rings is 2. The summed E-state index contributed by atoms with van der Waals surface area (Å²) in [5, 5.41) is 2.80. The molecule has 0 unspecified atom stereocenters. The van der Waals surface area contributed by atoms with Gasteiger partial charge in [-0.15, -0.1) is 0 Å². The number of carbonyl (C=O) groups is 2. The van der Waals surface area contributed by atoms with Crippen LogP contribution in [0.25, 0.3) is 0 Å². The Balaban J connectivity index is 2.19. The number of nitrogens with one attached hydrogen (secondary N) is 1. The van der Waals surface area contributed by atoms with Crippen molar-refractivity contribution in [1.82, 2.24) is 0 Å². The van der Waals surface area contributed by atoms with E-state index in [1.54, 1.807) is 13.2 Å². The molecule has 0 atom stereocenters. The molecule has 0 aromatic heterocycles. The fourth-order valence-corrected chi connectivity index (χ4v) is 2.36. The smallest absolute Gasteiger partial charge is 0.244 e. The number of ether oxygens (including phenoxy) is 1. The average Bonchev–Trinajstić information content (AvgIpc) is 2.54. The van der Waals surface area contributed by atoms with Gasteiger partial charge in [-0.3, -0.25) is 14.5 Å². The Morgan fingerprint density at radius 2 is 1.67 bits per heavy atom. The second-order valence-corrected chi connectivity index (χ2v) is 5.69. The van der Waals surface area contributed by atoms with Gasteiger partial charge in [0, 0.05) is 12.6 Å². The van der Waals surface area contributed by atoms with Crippen LogP contribution < -0.4 is 15.0 Å². The number of hydrogen-bond acceptors (Lipinski definition) is 3. The van der Waals surface area contributed by atoms with Gasteiger partial charge in [-0.2, -0.15) is 0 Å². The molecule has 0 saturated carbocycles. The Kier molecular flexibility index (Phi) is 5.58. The van der Waals surface area contributed by atoms with Crippen LogP contribution in [0.2, 0.25) is 0 Å². The van der Waals surface area contributed by atoms with E-state index in [-0.39, 0.29) is 18.4 Å². The molecule has 0 aliphatic carbocycles. The molecule has 0 spiro atoms. The van der Waals surface area contributed by atoms with Crippen LogP contribution in [-0.4, -0.2) is 25.5 Å². The number of hydrogen-bond donors (Lipinski definition) is 1. The SMILES string of the molecule is COc1ccc(C)cc1N(CC(=O)Nc1ccc(C)cc1)C(C)=O. The lowest BCUT2D eigenvalue weighted by molar-refractivity contribution is -0.120. The van der Waals surface area contributed by atoms with Crippen molar-refractivity contribution in [3.05, 3.63) is 53.6 Å². The third-order valence-electron chi connectivity index (χ3n) is 3.64. The summed E-state index contributed by atoms with van der Waals surface area (Å²) in [6, 6.07) is 13.0. The van der Waals surface area contributed by atoms with Crippen LogP contribution in [0.1, 0.15) is 18.1 Å². The number of aryl methyl sites for hydroxylation is 2. The first-order valence-electron chi connectivity index (χ1n) is 7.70. The fourth-order valence-electron chi connectivity index (χ4n) is 2.36. The van der Waals surface area contributed by atoms with Crippen LogP contribution >= 0.6 is 0 Å². The van der Waals surface area contributed by atoms with E-state index in [0.717, 1.165) is 11.1 Å². The van der Waals surface area contributed by atoms with Crippen molar-refractivity contribution in [3.63, 3.8) is 0 Å². The number of amides is 2. The van der Waals surface area contributed by atoms with Crippen molar-refractivity contribution in [1.29, 1.82) is 0 Å². The van der Waals surface area contributed by atoms with Crippen LogP contribution in [0.3, 0.4) is 0 Å². The summed E-state index contributed by atoms with van der Waals surface area (Å²) in [6.07, 6.45) is 0. The van der Waals surface area contributed by atoms with Crippen LogP contribution in [-0.2, 0) is 9.59 Å². The van der Waals surface area contributed by atoms with Gasteiger partial charge in [0.25, 0.3) is 0 Å². The molecule has 0 heterocycles. The Bertz CT molecular complexity index is 739. The van der Waals surface area contributed by atoms with Crippen molar-refractivity contribution >= 4 is 23.2 Å². The maximum Gasteiger partial charge on any atom is 0.244 e. The molecular formula is C19H22N2O3. The molecule has 0 radical (unpaired) electrons. The van der Waals surface area contributed by atoms with Gasteiger partial charge in [-0.25, -0.2) is 0 Å². The Hall–Kier alpha value is -2.82. The van der Waals surface area contributed by atoms with E-state index in [0.29, 0.717) is 17.1 Å². The van der Waals surface area contributed by atoms with E-state index in [4.69, 9.17) is 4.74 Å². The van der Waals surface area contributed by atoms with Crippen molar-refractivity contribution in [3.8, 4) is 5.75 Å². The van der Waals surface area contributed by atoms with Crippen LogP contribution in [0, 0.1) is 13.8 Å². The van der Waals surface area contributed by atoms with Gasteiger partial charge in [0.2, 0.25) is 11.8 Å². The first-order chi connectivity index (χ1) is 11.4. The minimum absolute atomic E-state index is 0.0803. The maximum atomic E-state index is 12.3. The van der Waals surface area contributed by atoms with Gasteiger partial charge >= 0.3 is 0 Å². The highest BCUT2D eigenvalue weighted by Gasteiger charge is 2.19. The zero-order chi connectivity index (χ0) is 17.7. The zero-order valence-electron chi connectivity index (χ0n) is 14.4. The highest BCUT2D eigenvalue weighted by molar-refractivity contribution is 6.02. The average molecular weight is 326 g/mol. The van der Waals surface area contributed by atoms with Crippen molar-refractivity contribution < 1.29 is 14.3 Å². The lowest BCUT2D eigenvalue weighted by Crippen LogP contribution is -2.37. The summed E-state index contributed by atoms with van der Waals surface area (Å²) in [7, 11) is 1.54. The second-order valence-electron chi connectivity index (χ2n) is 5.69. The Morgan fingerprint density at radius 3 is 2.25 bits per heavy atom. The predicted molar refractivity (Wildman–Crippen MR) is 95.6 cm³/mol. The highest BCUT2D eigenvalue weighted by atomic mass is 16.5. The van der Waals surface area contributed by atoms with E-state index >= 15 is 0 Å². The summed E-state index contributed by atoms with van der Waals surface area (Å²) in [5.74, 6) is 0.0644. The summed E-state index contributed by atoms with van der Waals surface area (Å²) < 4.78 is 5.32. The predicted octanol–water partition coefficient (Wildman–Crippen LogP) is 3.30. The van der Waals surface area contributed by atoms with E-state index in [2.05, 4.69) is 5.32 Å². The topological polar surface area (TPSA) is 58.6 Å². The van der Waals surface area contributed by atoms with Gasteiger partial charge in [0.15, 0.2) is 0 Å². The molecule has 2 rings (SSSR count). The first kappa shape index (κ1) is 17.5. The molecule has 0 aliphatic heterocycles. The minimum Gasteiger partial charge on any atom is -0.495 e. The van der Waals surface area contributed by atoms with Gasteiger partial charge < -0.3 is 10.1 Å². The lowest BCUT2D eigenvalue weighted by atomic mass is 10.2. The summed E-state index contributed by atoms with van der Waals surface area (Å²) >= 11 is 0. The van der Waals surface area contributed by atoms with Crippen LogP contribution in [0.5, 0.6) is 5.75 Å². The fraction of sp³-hybridized carbons (Fsp3) is 0.263. The molecule has 2 amide bonds. The molecule has 2 aromatic carbocycles. The molecule has 24 heavy (non-hydrogen) atoms. The minimum atomic E-state index is -0.266. The molecule has 0 aliphatic rings. The molecule has 126 valence electrons. The van der Waals surface area contributed by atoms with Gasteiger partial charge in [-0.05, 0) is 43.7 Å². The molecule has 0 bridgehead atoms. The van der Waals surface area contributed by atoms with E-state index in [9.17, 15) is 9.59 Å². The standard InChI is InChI=1S/C19H22N2O3/c1-13-5-8-16(9-6-13)20-19(23)12-21(15(3)22)17-11-14(2)7-10-18(17)24-4/h5-11H,12H2,1-4H3,(H,20,23). The summed E-state index contributed by atoms with van der Waals surface area (Å²) in [4.78, 5) is 25.8. The van der Waals surface area contributed by atoms with Crippen molar-refractivity contribution in [2.24, 2.45) is 0 Å². The van der Waals surface area contributed by atoms with E-state index in [1.807, 2.05) is 50.2 Å². The quantitative estimate of drug-likeness (QED) is 0.917. The van der Waals surface area contributed by atoms with E-state index in [1.165, 1.54) is 11.8 Å². The molecular weight excluding hydrogens is 304 g/mol. The molecule has 5 heteroatoms. The monoisotopic (exact) mass is 326 g/mol.